The van der Waals surface area contributed by atoms with Crippen molar-refractivity contribution in [1.82, 2.24) is 9.55 Å². The SMILES string of the molecule is COc1ccccc1-c1cn(COCC[Si](C)(C)C)c2nc(N)ccc12. The van der Waals surface area contributed by atoms with Gasteiger partial charge < -0.3 is 19.8 Å². The first kappa shape index (κ1) is 18.5. The minimum atomic E-state index is -1.10. The van der Waals surface area contributed by atoms with E-state index in [2.05, 4.69) is 36.9 Å². The quantitative estimate of drug-likeness (QED) is 0.488. The van der Waals surface area contributed by atoms with E-state index in [-0.39, 0.29) is 0 Å². The first-order valence-corrected chi connectivity index (χ1v) is 12.6. The van der Waals surface area contributed by atoms with Gasteiger partial charge in [0, 0.05) is 37.4 Å². The van der Waals surface area contributed by atoms with Gasteiger partial charge in [-0.3, -0.25) is 0 Å². The second kappa shape index (κ2) is 7.51. The third kappa shape index (κ3) is 4.08. The Kier molecular flexibility index (Phi) is 5.34. The van der Waals surface area contributed by atoms with E-state index in [1.54, 1.807) is 7.11 Å². The number of rotatable bonds is 7. The third-order valence-corrected chi connectivity index (χ3v) is 6.07. The molecule has 0 bridgehead atoms. The van der Waals surface area contributed by atoms with E-state index in [0.29, 0.717) is 12.5 Å². The molecule has 26 heavy (non-hydrogen) atoms. The molecule has 0 aliphatic carbocycles. The number of fused-ring (bicyclic) bond motifs is 1. The van der Waals surface area contributed by atoms with E-state index in [1.165, 1.54) is 0 Å². The molecule has 3 rings (SSSR count). The van der Waals surface area contributed by atoms with Crippen LogP contribution in [-0.4, -0.2) is 31.3 Å². The van der Waals surface area contributed by atoms with Gasteiger partial charge >= 0.3 is 0 Å². The van der Waals surface area contributed by atoms with Crippen LogP contribution in [0.2, 0.25) is 25.7 Å². The lowest BCUT2D eigenvalue weighted by Crippen LogP contribution is -2.22. The molecule has 2 aromatic heterocycles. The largest absolute Gasteiger partial charge is 0.496 e. The van der Waals surface area contributed by atoms with E-state index < -0.39 is 8.07 Å². The summed E-state index contributed by atoms with van der Waals surface area (Å²) in [5, 5.41) is 1.04. The van der Waals surface area contributed by atoms with Gasteiger partial charge in [0.15, 0.2) is 0 Å². The van der Waals surface area contributed by atoms with Gasteiger partial charge in [0.05, 0.1) is 7.11 Å². The Bertz CT molecular complexity index is 900. The van der Waals surface area contributed by atoms with E-state index in [9.17, 15) is 0 Å². The molecule has 1 aromatic carbocycles. The molecule has 2 heterocycles. The summed E-state index contributed by atoms with van der Waals surface area (Å²) in [4.78, 5) is 4.53. The highest BCUT2D eigenvalue weighted by atomic mass is 28.3. The van der Waals surface area contributed by atoms with Crippen molar-refractivity contribution >= 4 is 24.9 Å². The van der Waals surface area contributed by atoms with E-state index in [0.717, 1.165) is 40.6 Å². The summed E-state index contributed by atoms with van der Waals surface area (Å²) in [5.41, 5.74) is 8.86. The number of pyridine rings is 1. The Hall–Kier alpha value is -2.31. The number of methoxy groups -OCH3 is 1. The fourth-order valence-electron chi connectivity index (χ4n) is 2.90. The maximum Gasteiger partial charge on any atom is 0.144 e. The maximum absolute atomic E-state index is 5.94. The lowest BCUT2D eigenvalue weighted by molar-refractivity contribution is 0.0899. The molecule has 0 radical (unpaired) electrons. The summed E-state index contributed by atoms with van der Waals surface area (Å²) in [6.07, 6.45) is 2.07. The number of aromatic nitrogens is 2. The van der Waals surface area contributed by atoms with Crippen molar-refractivity contribution in [2.75, 3.05) is 19.5 Å². The van der Waals surface area contributed by atoms with Crippen molar-refractivity contribution in [2.24, 2.45) is 0 Å². The zero-order valence-corrected chi connectivity index (χ0v) is 17.0. The summed E-state index contributed by atoms with van der Waals surface area (Å²) in [5.74, 6) is 1.34. The number of hydrogen-bond acceptors (Lipinski definition) is 4. The Morgan fingerprint density at radius 3 is 2.58 bits per heavy atom. The summed E-state index contributed by atoms with van der Waals surface area (Å²) in [7, 11) is 0.584. The van der Waals surface area contributed by atoms with Crippen LogP contribution in [0.1, 0.15) is 0 Å². The average molecular weight is 370 g/mol. The third-order valence-electron chi connectivity index (χ3n) is 4.37. The minimum Gasteiger partial charge on any atom is -0.496 e. The van der Waals surface area contributed by atoms with Crippen LogP contribution < -0.4 is 10.5 Å². The molecule has 0 amide bonds. The number of nitrogen functional groups attached to an aromatic ring is 1. The van der Waals surface area contributed by atoms with Gasteiger partial charge in [-0.1, -0.05) is 37.8 Å². The summed E-state index contributed by atoms with van der Waals surface area (Å²) >= 11 is 0. The smallest absolute Gasteiger partial charge is 0.144 e. The molecule has 0 spiro atoms. The van der Waals surface area contributed by atoms with E-state index >= 15 is 0 Å². The van der Waals surface area contributed by atoms with Gasteiger partial charge in [0.2, 0.25) is 0 Å². The fourth-order valence-corrected chi connectivity index (χ4v) is 3.66. The molecular formula is C20H27N3O2Si. The normalized spacial score (nSPS) is 11.8. The zero-order valence-electron chi connectivity index (χ0n) is 16.0. The fraction of sp³-hybridized carbons (Fsp3) is 0.350. The van der Waals surface area contributed by atoms with Gasteiger partial charge in [0.25, 0.3) is 0 Å². The second-order valence-corrected chi connectivity index (χ2v) is 13.3. The van der Waals surface area contributed by atoms with Gasteiger partial charge in [-0.25, -0.2) is 4.98 Å². The molecule has 0 saturated heterocycles. The van der Waals surface area contributed by atoms with Gasteiger partial charge in [-0.15, -0.1) is 0 Å². The van der Waals surface area contributed by atoms with Crippen molar-refractivity contribution in [2.45, 2.75) is 32.4 Å². The Morgan fingerprint density at radius 1 is 1.08 bits per heavy atom. The number of nitrogens with zero attached hydrogens (tertiary/aromatic N) is 2. The topological polar surface area (TPSA) is 62.3 Å². The second-order valence-electron chi connectivity index (χ2n) is 7.67. The highest BCUT2D eigenvalue weighted by Gasteiger charge is 2.16. The summed E-state index contributed by atoms with van der Waals surface area (Å²) in [6.45, 7) is 8.28. The van der Waals surface area contributed by atoms with Crippen LogP contribution in [-0.2, 0) is 11.5 Å². The lowest BCUT2D eigenvalue weighted by Gasteiger charge is -2.15. The van der Waals surface area contributed by atoms with Crippen LogP contribution in [0.5, 0.6) is 5.75 Å². The van der Waals surface area contributed by atoms with Gasteiger partial charge in [-0.05, 0) is 24.2 Å². The van der Waals surface area contributed by atoms with E-state index in [4.69, 9.17) is 15.2 Å². The molecule has 0 saturated carbocycles. The number of anilines is 1. The van der Waals surface area contributed by atoms with Crippen LogP contribution in [0.3, 0.4) is 0 Å². The average Bonchev–Trinajstić information content (AvgIpc) is 2.95. The number of benzene rings is 1. The van der Waals surface area contributed by atoms with Crippen molar-refractivity contribution in [3.05, 3.63) is 42.6 Å². The van der Waals surface area contributed by atoms with Crippen LogP contribution >= 0.6 is 0 Å². The Balaban J connectivity index is 1.95. The molecule has 2 N–H and O–H groups in total. The molecule has 138 valence electrons. The first-order valence-electron chi connectivity index (χ1n) is 8.85. The van der Waals surface area contributed by atoms with Gasteiger partial charge in [-0.2, -0.15) is 0 Å². The van der Waals surface area contributed by atoms with Crippen LogP contribution in [0, 0.1) is 0 Å². The Labute approximate surface area is 155 Å². The molecule has 0 atom stereocenters. The molecule has 0 fully saturated rings. The Morgan fingerprint density at radius 2 is 1.85 bits per heavy atom. The standard InChI is InChI=1S/C20H27N3O2Si/c1-24-18-8-6-5-7-15(18)17-13-23(14-25-11-12-26(2,3)4)20-16(17)9-10-19(21)22-20/h5-10,13H,11-12,14H2,1-4H3,(H2,21,22). The number of ether oxygens (including phenoxy) is 2. The number of nitrogens with two attached hydrogens (primary N) is 1. The number of para-hydroxylation sites is 1. The molecule has 3 aromatic rings. The van der Waals surface area contributed by atoms with E-state index in [1.807, 2.05) is 34.9 Å². The van der Waals surface area contributed by atoms with Crippen LogP contribution in [0.4, 0.5) is 5.82 Å². The molecule has 0 aliphatic rings. The van der Waals surface area contributed by atoms with Crippen molar-refractivity contribution in [1.29, 1.82) is 0 Å². The molecular weight excluding hydrogens is 342 g/mol. The molecule has 0 unspecified atom stereocenters. The van der Waals surface area contributed by atoms with Gasteiger partial charge in [0.1, 0.15) is 23.9 Å². The predicted molar refractivity (Wildman–Crippen MR) is 110 cm³/mol. The molecule has 5 nitrogen and oxygen atoms in total. The summed E-state index contributed by atoms with van der Waals surface area (Å²) in [6, 6.07) is 13.0. The van der Waals surface area contributed by atoms with Crippen LogP contribution in [0.25, 0.3) is 22.2 Å². The molecule has 6 heteroatoms. The predicted octanol–water partition coefficient (Wildman–Crippen LogP) is 4.61. The lowest BCUT2D eigenvalue weighted by atomic mass is 10.0. The van der Waals surface area contributed by atoms with Crippen molar-refractivity contribution in [3.8, 4) is 16.9 Å². The maximum atomic E-state index is 5.94. The monoisotopic (exact) mass is 369 g/mol. The highest BCUT2D eigenvalue weighted by Crippen LogP contribution is 2.36. The first-order chi connectivity index (χ1) is 12.4. The zero-order chi connectivity index (χ0) is 18.7. The summed E-state index contributed by atoms with van der Waals surface area (Å²) < 4.78 is 13.5. The van der Waals surface area contributed by atoms with Crippen LogP contribution in [0.15, 0.2) is 42.6 Å². The molecule has 0 aliphatic heterocycles. The van der Waals surface area contributed by atoms with Crippen molar-refractivity contribution in [3.63, 3.8) is 0 Å². The minimum absolute atomic E-state index is 0.465. The van der Waals surface area contributed by atoms with Crippen molar-refractivity contribution < 1.29 is 9.47 Å². The highest BCUT2D eigenvalue weighted by molar-refractivity contribution is 6.76. The number of hydrogen-bond donors (Lipinski definition) is 1.